The minimum Gasteiger partial charge on any atom is -0.480 e. The van der Waals surface area contributed by atoms with Gasteiger partial charge in [-0.15, -0.1) is 11.3 Å². The van der Waals surface area contributed by atoms with Crippen LogP contribution in [0.4, 0.5) is 0 Å². The Morgan fingerprint density at radius 2 is 2.00 bits per heavy atom. The Balaban J connectivity index is 1.97. The van der Waals surface area contributed by atoms with Crippen LogP contribution in [0.5, 0.6) is 0 Å². The van der Waals surface area contributed by atoms with Gasteiger partial charge >= 0.3 is 5.97 Å². The predicted octanol–water partition coefficient (Wildman–Crippen LogP) is 3.92. The molecule has 27 heavy (non-hydrogen) atoms. The van der Waals surface area contributed by atoms with Gasteiger partial charge in [0.15, 0.2) is 5.78 Å². The van der Waals surface area contributed by atoms with E-state index in [9.17, 15) is 9.59 Å². The molecule has 0 saturated carbocycles. The van der Waals surface area contributed by atoms with Crippen molar-refractivity contribution in [1.82, 2.24) is 9.88 Å². The molecule has 0 spiro atoms. The third-order valence-corrected chi connectivity index (χ3v) is 6.13. The number of hydrogen-bond acceptors (Lipinski definition) is 5. The lowest BCUT2D eigenvalue weighted by Gasteiger charge is -2.25. The molecule has 2 aromatic heterocycles. The van der Waals surface area contributed by atoms with Gasteiger partial charge in [0.2, 0.25) is 0 Å². The lowest BCUT2D eigenvalue weighted by Crippen LogP contribution is -2.34. The molecule has 0 bridgehead atoms. The summed E-state index contributed by atoms with van der Waals surface area (Å²) in [6, 6.07) is 9.99. The number of carboxylic acids is 1. The lowest BCUT2D eigenvalue weighted by molar-refractivity contribution is -0.138. The van der Waals surface area contributed by atoms with Crippen molar-refractivity contribution >= 4 is 33.3 Å². The summed E-state index contributed by atoms with van der Waals surface area (Å²) in [6.45, 7) is 4.84. The topological polar surface area (TPSA) is 70.5 Å². The van der Waals surface area contributed by atoms with Gasteiger partial charge in [0.1, 0.15) is 4.83 Å². The molecule has 4 rings (SSSR count). The first-order valence-electron chi connectivity index (χ1n) is 8.91. The zero-order valence-corrected chi connectivity index (χ0v) is 16.1. The van der Waals surface area contributed by atoms with Crippen LogP contribution in [-0.2, 0) is 17.8 Å². The van der Waals surface area contributed by atoms with Gasteiger partial charge in [-0.25, -0.2) is 4.98 Å². The van der Waals surface area contributed by atoms with E-state index in [0.717, 1.165) is 38.3 Å². The first-order valence-corrected chi connectivity index (χ1v) is 9.72. The molecule has 6 heteroatoms. The number of carboxylic acid groups (broad SMARTS) is 1. The van der Waals surface area contributed by atoms with Crippen molar-refractivity contribution in [2.45, 2.75) is 26.8 Å². The monoisotopic (exact) mass is 380 g/mol. The van der Waals surface area contributed by atoms with Crippen LogP contribution in [-0.4, -0.2) is 39.8 Å². The van der Waals surface area contributed by atoms with Crippen LogP contribution in [0.3, 0.4) is 0 Å². The first kappa shape index (κ1) is 17.8. The maximum Gasteiger partial charge on any atom is 0.317 e. The first-order chi connectivity index (χ1) is 13.0. The van der Waals surface area contributed by atoms with Crippen LogP contribution in [0.2, 0.25) is 0 Å². The van der Waals surface area contributed by atoms with Gasteiger partial charge in [-0.1, -0.05) is 30.3 Å². The number of aryl methyl sites for hydroxylation is 1. The molecule has 0 aliphatic carbocycles. The fourth-order valence-corrected chi connectivity index (χ4v) is 5.26. The Morgan fingerprint density at radius 3 is 2.67 bits per heavy atom. The molecule has 1 aromatic carbocycles. The fraction of sp³-hybridized carbons (Fsp3) is 0.286. The summed E-state index contributed by atoms with van der Waals surface area (Å²) in [4.78, 5) is 32.3. The lowest BCUT2D eigenvalue weighted by atomic mass is 9.91. The van der Waals surface area contributed by atoms with Gasteiger partial charge in [0.25, 0.3) is 0 Å². The minimum atomic E-state index is -0.808. The number of Topliss-reactive ketones (excluding diaryl/α,β-unsaturated/α-hetero) is 1. The minimum absolute atomic E-state index is 0.0176. The van der Waals surface area contributed by atoms with E-state index in [1.807, 2.05) is 42.2 Å². The average molecular weight is 380 g/mol. The Bertz CT molecular complexity index is 1060. The number of ketones is 1. The average Bonchev–Trinajstić information content (AvgIpc) is 2.97. The van der Waals surface area contributed by atoms with Crippen molar-refractivity contribution in [3.05, 3.63) is 52.0 Å². The molecule has 1 aliphatic heterocycles. The van der Waals surface area contributed by atoms with E-state index in [4.69, 9.17) is 10.1 Å². The number of carbonyl (C=O) groups excluding carboxylic acids is 1. The van der Waals surface area contributed by atoms with E-state index >= 15 is 0 Å². The molecule has 138 valence electrons. The summed E-state index contributed by atoms with van der Waals surface area (Å²) in [5.41, 5.74) is 4.63. The number of hydrogen-bond donors (Lipinski definition) is 1. The number of nitrogens with zero attached hydrogens (tertiary/aromatic N) is 2. The van der Waals surface area contributed by atoms with E-state index in [1.165, 1.54) is 5.56 Å². The van der Waals surface area contributed by atoms with Crippen molar-refractivity contribution in [3.8, 4) is 11.1 Å². The summed E-state index contributed by atoms with van der Waals surface area (Å²) in [5, 5.41) is 10.2. The predicted molar refractivity (Wildman–Crippen MR) is 106 cm³/mol. The summed E-state index contributed by atoms with van der Waals surface area (Å²) < 4.78 is 0. The van der Waals surface area contributed by atoms with Gasteiger partial charge < -0.3 is 5.11 Å². The number of pyridine rings is 1. The van der Waals surface area contributed by atoms with Crippen molar-refractivity contribution < 1.29 is 14.7 Å². The highest BCUT2D eigenvalue weighted by atomic mass is 32.1. The second kappa shape index (κ2) is 6.87. The summed E-state index contributed by atoms with van der Waals surface area (Å²) in [7, 11) is 0. The molecule has 0 atom stereocenters. The van der Waals surface area contributed by atoms with E-state index in [0.29, 0.717) is 18.7 Å². The summed E-state index contributed by atoms with van der Waals surface area (Å²) in [6.07, 6.45) is 0.768. The highest BCUT2D eigenvalue weighted by molar-refractivity contribution is 7.19. The van der Waals surface area contributed by atoms with Crippen LogP contribution >= 0.6 is 11.3 Å². The fourth-order valence-electron chi connectivity index (χ4n) is 3.94. The van der Waals surface area contributed by atoms with Crippen LogP contribution < -0.4 is 0 Å². The zero-order valence-electron chi connectivity index (χ0n) is 15.3. The molecule has 1 N–H and O–H groups in total. The molecule has 5 nitrogen and oxygen atoms in total. The molecule has 0 radical (unpaired) electrons. The highest BCUT2D eigenvalue weighted by Gasteiger charge is 2.27. The van der Waals surface area contributed by atoms with Crippen molar-refractivity contribution in [1.29, 1.82) is 0 Å². The van der Waals surface area contributed by atoms with E-state index < -0.39 is 5.97 Å². The Morgan fingerprint density at radius 1 is 1.26 bits per heavy atom. The molecular weight excluding hydrogens is 360 g/mol. The third kappa shape index (κ3) is 3.15. The standard InChI is InChI=1S/C21H20N2O3S/c1-12-18(13(2)24)19(14-6-4-3-5-7-14)20-15-8-9-23(11-17(25)26)10-16(15)27-21(20)22-12/h3-7H,8-11H2,1-2H3,(H,25,26). The normalized spacial score (nSPS) is 14.3. The second-order valence-electron chi connectivity index (χ2n) is 6.91. The molecule has 3 heterocycles. The van der Waals surface area contributed by atoms with Gasteiger partial charge in [0, 0.05) is 34.5 Å². The van der Waals surface area contributed by atoms with Crippen LogP contribution in [0.15, 0.2) is 30.3 Å². The SMILES string of the molecule is CC(=O)c1c(C)nc2sc3c(c2c1-c1ccccc1)CCN(CC(=O)O)C3. The number of thiophene rings is 1. The van der Waals surface area contributed by atoms with Crippen LogP contribution in [0.1, 0.15) is 33.4 Å². The Hall–Kier alpha value is -2.57. The highest BCUT2D eigenvalue weighted by Crippen LogP contribution is 2.42. The van der Waals surface area contributed by atoms with E-state index in [2.05, 4.69) is 0 Å². The molecule has 3 aromatic rings. The maximum absolute atomic E-state index is 12.5. The number of benzene rings is 1. The smallest absolute Gasteiger partial charge is 0.317 e. The van der Waals surface area contributed by atoms with E-state index in [-0.39, 0.29) is 12.3 Å². The number of rotatable bonds is 4. The zero-order chi connectivity index (χ0) is 19.1. The summed E-state index contributed by atoms with van der Waals surface area (Å²) >= 11 is 1.62. The summed E-state index contributed by atoms with van der Waals surface area (Å²) in [5.74, 6) is -0.790. The molecule has 1 aliphatic rings. The maximum atomic E-state index is 12.5. The molecule has 0 amide bonds. The van der Waals surface area contributed by atoms with E-state index in [1.54, 1.807) is 18.3 Å². The largest absolute Gasteiger partial charge is 0.480 e. The Kier molecular flexibility index (Phi) is 4.53. The number of aromatic nitrogens is 1. The van der Waals surface area contributed by atoms with Crippen molar-refractivity contribution in [3.63, 3.8) is 0 Å². The van der Waals surface area contributed by atoms with Gasteiger partial charge in [-0.2, -0.15) is 0 Å². The second-order valence-corrected chi connectivity index (χ2v) is 7.99. The van der Waals surface area contributed by atoms with Crippen molar-refractivity contribution in [2.24, 2.45) is 0 Å². The molecule has 0 unspecified atom stereocenters. The number of fused-ring (bicyclic) bond motifs is 3. The molecular formula is C21H20N2O3S. The molecule has 0 fully saturated rings. The number of aliphatic carboxylic acids is 1. The quantitative estimate of drug-likeness (QED) is 0.695. The van der Waals surface area contributed by atoms with Crippen molar-refractivity contribution in [2.75, 3.05) is 13.1 Å². The molecule has 0 saturated heterocycles. The third-order valence-electron chi connectivity index (χ3n) is 5.02. The van der Waals surface area contributed by atoms with Gasteiger partial charge in [-0.05, 0) is 31.4 Å². The van der Waals surface area contributed by atoms with Gasteiger partial charge in [0.05, 0.1) is 12.2 Å². The van der Waals surface area contributed by atoms with Crippen LogP contribution in [0, 0.1) is 6.92 Å². The number of carbonyl (C=O) groups is 2. The Labute approximate surface area is 161 Å². The van der Waals surface area contributed by atoms with Gasteiger partial charge in [-0.3, -0.25) is 14.5 Å². The van der Waals surface area contributed by atoms with Crippen LogP contribution in [0.25, 0.3) is 21.3 Å².